The van der Waals surface area contributed by atoms with Crippen LogP contribution in [-0.2, 0) is 0 Å². The van der Waals surface area contributed by atoms with Gasteiger partial charge in [-0.15, -0.1) is 11.3 Å². The summed E-state index contributed by atoms with van der Waals surface area (Å²) in [5.41, 5.74) is 2.69. The Bertz CT molecular complexity index is 360. The van der Waals surface area contributed by atoms with Gasteiger partial charge in [0.05, 0.1) is 0 Å². The fourth-order valence-corrected chi connectivity index (χ4v) is 2.19. The van der Waals surface area contributed by atoms with E-state index < -0.39 is 0 Å². The normalized spacial score (nSPS) is 9.07. The van der Waals surface area contributed by atoms with Crippen LogP contribution in [0.3, 0.4) is 0 Å². The zero-order valence-corrected chi connectivity index (χ0v) is 9.77. The molecule has 0 saturated heterocycles. The quantitative estimate of drug-likeness (QED) is 0.629. The van der Waals surface area contributed by atoms with Crippen LogP contribution in [0.5, 0.6) is 0 Å². The van der Waals surface area contributed by atoms with Crippen molar-refractivity contribution < 1.29 is 0 Å². The fourth-order valence-electron chi connectivity index (χ4n) is 1.26. The van der Waals surface area contributed by atoms with E-state index in [-0.39, 0.29) is 0 Å². The van der Waals surface area contributed by atoms with Gasteiger partial charge in [0.15, 0.2) is 0 Å². The summed E-state index contributed by atoms with van der Waals surface area (Å²) in [6.07, 6.45) is 0. The van der Waals surface area contributed by atoms with E-state index in [0.717, 1.165) is 0 Å². The first-order valence-corrected chi connectivity index (χ1v) is 5.85. The summed E-state index contributed by atoms with van der Waals surface area (Å²) < 4.78 is 0. The number of hydrogen-bond acceptors (Lipinski definition) is 1. The molecule has 1 aromatic carbocycles. The molecule has 0 fully saturated rings. The Morgan fingerprint density at radius 2 is 1.57 bits per heavy atom. The van der Waals surface area contributed by atoms with Crippen molar-refractivity contribution in [2.24, 2.45) is 0 Å². The molecule has 2 aromatic rings. The highest BCUT2D eigenvalue weighted by molar-refractivity contribution is 7.13. The lowest BCUT2D eigenvalue weighted by Gasteiger charge is -1.97. The Kier molecular flexibility index (Phi) is 4.41. The molecule has 1 heterocycles. The second-order valence-corrected chi connectivity index (χ2v) is 3.71. The lowest BCUT2D eigenvalue weighted by Crippen LogP contribution is -1.72. The van der Waals surface area contributed by atoms with Gasteiger partial charge in [0, 0.05) is 4.88 Å². The lowest BCUT2D eigenvalue weighted by molar-refractivity contribution is 1.50. The fraction of sp³-hybridized carbons (Fsp3) is 0.231. The van der Waals surface area contributed by atoms with Gasteiger partial charge in [0.2, 0.25) is 0 Å². The number of benzene rings is 1. The van der Waals surface area contributed by atoms with Gasteiger partial charge in [0.25, 0.3) is 0 Å². The number of rotatable bonds is 1. The van der Waals surface area contributed by atoms with Gasteiger partial charge in [0.1, 0.15) is 0 Å². The van der Waals surface area contributed by atoms with Gasteiger partial charge in [-0.1, -0.05) is 44.2 Å². The minimum atomic E-state index is 1.32. The summed E-state index contributed by atoms with van der Waals surface area (Å²) in [7, 11) is 0. The Morgan fingerprint density at radius 3 is 2.07 bits per heavy atom. The second-order valence-electron chi connectivity index (χ2n) is 2.80. The van der Waals surface area contributed by atoms with Crippen LogP contribution in [0.1, 0.15) is 19.4 Å². The van der Waals surface area contributed by atoms with E-state index in [1.807, 2.05) is 19.9 Å². The maximum absolute atomic E-state index is 2.16. The molecule has 74 valence electrons. The predicted octanol–water partition coefficient (Wildman–Crippen LogP) is 4.75. The van der Waals surface area contributed by atoms with E-state index in [1.54, 1.807) is 11.3 Å². The van der Waals surface area contributed by atoms with Gasteiger partial charge in [-0.2, -0.15) is 0 Å². The van der Waals surface area contributed by atoms with Crippen molar-refractivity contribution in [2.75, 3.05) is 0 Å². The molecule has 14 heavy (non-hydrogen) atoms. The second kappa shape index (κ2) is 5.61. The highest BCUT2D eigenvalue weighted by Crippen LogP contribution is 2.28. The molecule has 0 spiro atoms. The van der Waals surface area contributed by atoms with Crippen molar-refractivity contribution in [3.8, 4) is 10.4 Å². The van der Waals surface area contributed by atoms with Crippen molar-refractivity contribution in [3.05, 3.63) is 47.3 Å². The number of hydrogen-bond donors (Lipinski definition) is 0. The molecular formula is C13H16S. The minimum absolute atomic E-state index is 1.32. The molecule has 1 heteroatoms. The van der Waals surface area contributed by atoms with Crippen molar-refractivity contribution in [2.45, 2.75) is 20.8 Å². The third-order valence-electron chi connectivity index (χ3n) is 1.90. The largest absolute Gasteiger partial charge is 0.144 e. The summed E-state index contributed by atoms with van der Waals surface area (Å²) in [6, 6.07) is 12.7. The van der Waals surface area contributed by atoms with E-state index in [9.17, 15) is 0 Å². The Morgan fingerprint density at radius 1 is 0.929 bits per heavy atom. The summed E-state index contributed by atoms with van der Waals surface area (Å²) in [5.74, 6) is 0. The van der Waals surface area contributed by atoms with Crippen LogP contribution >= 0.6 is 11.3 Å². The van der Waals surface area contributed by atoms with Crippen molar-refractivity contribution in [3.63, 3.8) is 0 Å². The summed E-state index contributed by atoms with van der Waals surface area (Å²) in [5, 5.41) is 2.14. The van der Waals surface area contributed by atoms with Gasteiger partial charge >= 0.3 is 0 Å². The first kappa shape index (κ1) is 11.0. The minimum Gasteiger partial charge on any atom is -0.144 e. The van der Waals surface area contributed by atoms with Crippen LogP contribution in [0, 0.1) is 6.92 Å². The van der Waals surface area contributed by atoms with Gasteiger partial charge in [-0.25, -0.2) is 0 Å². The molecule has 0 radical (unpaired) electrons. The Balaban J connectivity index is 0.000000461. The number of aryl methyl sites for hydroxylation is 1. The molecule has 0 unspecified atom stereocenters. The highest BCUT2D eigenvalue weighted by atomic mass is 32.1. The zero-order chi connectivity index (χ0) is 10.4. The topological polar surface area (TPSA) is 0 Å². The van der Waals surface area contributed by atoms with E-state index in [0.29, 0.717) is 0 Å². The standard InChI is InChI=1S/C11H10S.C2H6/c1-9-7-8-12-11(9)10-5-3-2-4-6-10;1-2/h2-8H,1H3;1-2H3. The molecule has 2 rings (SSSR count). The highest BCUT2D eigenvalue weighted by Gasteiger charge is 2.00. The molecule has 0 amide bonds. The van der Waals surface area contributed by atoms with Gasteiger partial charge in [-0.3, -0.25) is 0 Å². The Hall–Kier alpha value is -1.08. The molecular weight excluding hydrogens is 188 g/mol. The van der Waals surface area contributed by atoms with Crippen LogP contribution in [0.15, 0.2) is 41.8 Å². The summed E-state index contributed by atoms with van der Waals surface area (Å²) in [6.45, 7) is 6.15. The van der Waals surface area contributed by atoms with Crippen LogP contribution in [0.2, 0.25) is 0 Å². The summed E-state index contributed by atoms with van der Waals surface area (Å²) in [4.78, 5) is 1.38. The maximum atomic E-state index is 2.16. The SMILES string of the molecule is CC.Cc1ccsc1-c1ccccc1. The molecule has 0 N–H and O–H groups in total. The molecule has 1 aromatic heterocycles. The van der Waals surface area contributed by atoms with Crippen LogP contribution in [-0.4, -0.2) is 0 Å². The lowest BCUT2D eigenvalue weighted by atomic mass is 10.1. The first-order valence-electron chi connectivity index (χ1n) is 4.97. The molecule has 0 atom stereocenters. The predicted molar refractivity (Wildman–Crippen MR) is 65.8 cm³/mol. The number of thiophene rings is 1. The van der Waals surface area contributed by atoms with Crippen molar-refractivity contribution in [1.82, 2.24) is 0 Å². The van der Waals surface area contributed by atoms with Crippen LogP contribution in [0.4, 0.5) is 0 Å². The smallest absolute Gasteiger partial charge is 0.0371 e. The van der Waals surface area contributed by atoms with Gasteiger partial charge in [-0.05, 0) is 29.5 Å². The summed E-state index contributed by atoms with van der Waals surface area (Å²) >= 11 is 1.80. The third kappa shape index (κ3) is 2.46. The molecule has 0 saturated carbocycles. The average Bonchev–Trinajstić information content (AvgIpc) is 2.69. The monoisotopic (exact) mass is 204 g/mol. The third-order valence-corrected chi connectivity index (χ3v) is 2.96. The molecule has 0 aliphatic rings. The van der Waals surface area contributed by atoms with Crippen molar-refractivity contribution >= 4 is 11.3 Å². The molecule has 0 aliphatic heterocycles. The first-order chi connectivity index (χ1) is 6.88. The average molecular weight is 204 g/mol. The molecule has 0 bridgehead atoms. The van der Waals surface area contributed by atoms with E-state index in [4.69, 9.17) is 0 Å². The van der Waals surface area contributed by atoms with E-state index in [2.05, 4.69) is 42.6 Å². The molecule has 0 nitrogen and oxygen atoms in total. The Labute approximate surface area is 90.2 Å². The zero-order valence-electron chi connectivity index (χ0n) is 8.95. The van der Waals surface area contributed by atoms with Crippen molar-refractivity contribution in [1.29, 1.82) is 0 Å². The maximum Gasteiger partial charge on any atom is 0.0371 e. The van der Waals surface area contributed by atoms with Gasteiger partial charge < -0.3 is 0 Å². The molecule has 0 aliphatic carbocycles. The van der Waals surface area contributed by atoms with E-state index in [1.165, 1.54) is 16.0 Å². The van der Waals surface area contributed by atoms with E-state index >= 15 is 0 Å². The van der Waals surface area contributed by atoms with Crippen LogP contribution in [0.25, 0.3) is 10.4 Å². The van der Waals surface area contributed by atoms with Crippen LogP contribution < -0.4 is 0 Å².